The van der Waals surface area contributed by atoms with Crippen LogP contribution in [-0.4, -0.2) is 12.6 Å². The van der Waals surface area contributed by atoms with Gasteiger partial charge in [0.15, 0.2) is 0 Å². The third-order valence-corrected chi connectivity index (χ3v) is 5.93. The zero-order valence-electron chi connectivity index (χ0n) is 19.2. The van der Waals surface area contributed by atoms with Gasteiger partial charge in [-0.2, -0.15) is 0 Å². The number of hydrogen-bond donors (Lipinski definition) is 0. The van der Waals surface area contributed by atoms with Crippen molar-refractivity contribution < 1.29 is 9.53 Å². The predicted octanol–water partition coefficient (Wildman–Crippen LogP) is 8.47. The van der Waals surface area contributed by atoms with Gasteiger partial charge >= 0.3 is 5.97 Å². The second kappa shape index (κ2) is 20.2. The molecule has 0 heterocycles. The Hall–Kier alpha value is -0.530. The maximum atomic E-state index is 12.0. The molecule has 0 radical (unpaired) electrons. The van der Waals surface area contributed by atoms with E-state index < -0.39 is 0 Å². The summed E-state index contributed by atoms with van der Waals surface area (Å²) >= 11 is 0. The van der Waals surface area contributed by atoms with Gasteiger partial charge in [0.2, 0.25) is 0 Å². The lowest BCUT2D eigenvalue weighted by Crippen LogP contribution is -2.15. The molecule has 162 valence electrons. The summed E-state index contributed by atoms with van der Waals surface area (Å²) in [6.45, 7) is 9.53. The fourth-order valence-corrected chi connectivity index (χ4v) is 3.52. The maximum absolute atomic E-state index is 12.0. The first kappa shape index (κ1) is 26.5. The Morgan fingerprint density at radius 3 is 1.70 bits per heavy atom. The van der Waals surface area contributed by atoms with Crippen LogP contribution in [0.2, 0.25) is 0 Å². The van der Waals surface area contributed by atoms with Gasteiger partial charge in [-0.05, 0) is 18.8 Å². The summed E-state index contributed by atoms with van der Waals surface area (Å²) in [6.07, 6.45) is 21.9. The normalized spacial score (nSPS) is 13.5. The van der Waals surface area contributed by atoms with E-state index in [0.29, 0.717) is 6.61 Å². The van der Waals surface area contributed by atoms with E-state index in [9.17, 15) is 4.79 Å². The monoisotopic (exact) mass is 382 g/mol. The van der Waals surface area contributed by atoms with Crippen molar-refractivity contribution >= 4 is 5.97 Å². The first-order valence-corrected chi connectivity index (χ1v) is 12.3. The summed E-state index contributed by atoms with van der Waals surface area (Å²) in [5.74, 6) is 1.00. The van der Waals surface area contributed by atoms with Gasteiger partial charge in [-0.3, -0.25) is 4.79 Å². The minimum Gasteiger partial charge on any atom is -0.465 e. The van der Waals surface area contributed by atoms with Gasteiger partial charge in [-0.1, -0.05) is 124 Å². The molecule has 2 atom stereocenters. The van der Waals surface area contributed by atoms with Crippen molar-refractivity contribution in [3.63, 3.8) is 0 Å². The lowest BCUT2D eigenvalue weighted by molar-refractivity contribution is -0.148. The van der Waals surface area contributed by atoms with Crippen molar-refractivity contribution in [2.75, 3.05) is 6.61 Å². The minimum atomic E-state index is 0.0166. The molecule has 0 saturated heterocycles. The van der Waals surface area contributed by atoms with Crippen molar-refractivity contribution in [2.45, 2.75) is 137 Å². The molecule has 0 aromatic rings. The fourth-order valence-electron chi connectivity index (χ4n) is 3.52. The molecule has 2 nitrogen and oxygen atoms in total. The average Bonchev–Trinajstić information content (AvgIpc) is 2.67. The first-order chi connectivity index (χ1) is 13.1. The van der Waals surface area contributed by atoms with Gasteiger partial charge < -0.3 is 4.74 Å². The van der Waals surface area contributed by atoms with Crippen LogP contribution in [0, 0.1) is 11.8 Å². The molecule has 27 heavy (non-hydrogen) atoms. The number of esters is 1. The Balaban J connectivity index is 3.30. The summed E-state index contributed by atoms with van der Waals surface area (Å²) in [6, 6.07) is 0. The van der Waals surface area contributed by atoms with Crippen molar-refractivity contribution in [1.29, 1.82) is 0 Å². The highest BCUT2D eigenvalue weighted by molar-refractivity contribution is 5.71. The molecule has 0 aliphatic heterocycles. The van der Waals surface area contributed by atoms with E-state index in [1.807, 2.05) is 6.92 Å². The Morgan fingerprint density at radius 2 is 1.15 bits per heavy atom. The Morgan fingerprint density at radius 1 is 0.667 bits per heavy atom. The van der Waals surface area contributed by atoms with Crippen molar-refractivity contribution in [2.24, 2.45) is 11.8 Å². The first-order valence-electron chi connectivity index (χ1n) is 12.3. The minimum absolute atomic E-state index is 0.0166. The molecule has 0 aliphatic carbocycles. The maximum Gasteiger partial charge on any atom is 0.308 e. The molecule has 0 saturated carbocycles. The topological polar surface area (TPSA) is 26.3 Å². The zero-order chi connectivity index (χ0) is 20.2. The molecule has 0 fully saturated rings. The molecule has 2 unspecified atom stereocenters. The van der Waals surface area contributed by atoms with E-state index in [4.69, 9.17) is 4.74 Å². The fraction of sp³-hybridized carbons (Fsp3) is 0.960. The van der Waals surface area contributed by atoms with Crippen LogP contribution in [0.3, 0.4) is 0 Å². The number of hydrogen-bond acceptors (Lipinski definition) is 2. The van der Waals surface area contributed by atoms with Crippen LogP contribution < -0.4 is 0 Å². The second-order valence-electron chi connectivity index (χ2n) is 8.76. The van der Waals surface area contributed by atoms with Crippen LogP contribution in [0.1, 0.15) is 137 Å². The van der Waals surface area contributed by atoms with Crippen molar-refractivity contribution in [1.82, 2.24) is 0 Å². The van der Waals surface area contributed by atoms with Crippen molar-refractivity contribution in [3.05, 3.63) is 0 Å². The Kier molecular flexibility index (Phi) is 19.8. The molecule has 0 N–H and O–H groups in total. The number of rotatable bonds is 20. The van der Waals surface area contributed by atoms with Crippen LogP contribution in [0.25, 0.3) is 0 Å². The van der Waals surface area contributed by atoms with Gasteiger partial charge in [0, 0.05) is 0 Å². The molecule has 0 aromatic heterocycles. The van der Waals surface area contributed by atoms with Crippen molar-refractivity contribution in [3.8, 4) is 0 Å². The molecule has 0 aliphatic rings. The summed E-state index contributed by atoms with van der Waals surface area (Å²) in [5.41, 5.74) is 0. The summed E-state index contributed by atoms with van der Waals surface area (Å²) < 4.78 is 5.44. The zero-order valence-corrected chi connectivity index (χ0v) is 19.2. The number of carbonyl (C=O) groups is 1. The highest BCUT2D eigenvalue weighted by Crippen LogP contribution is 2.16. The lowest BCUT2D eigenvalue weighted by atomic mass is 9.99. The molecule has 0 rings (SSSR count). The standard InChI is InChI=1S/C25H50O2/c1-5-7-8-14-18-21-24(4)25(26)27-22-19-16-13-11-9-10-12-15-17-20-23(3)6-2/h23-24H,5-22H2,1-4H3. The van der Waals surface area contributed by atoms with E-state index in [-0.39, 0.29) is 11.9 Å². The van der Waals surface area contributed by atoms with Gasteiger partial charge in [0.05, 0.1) is 12.5 Å². The molecule has 0 bridgehead atoms. The Labute approximate surface area is 171 Å². The largest absolute Gasteiger partial charge is 0.465 e. The molecular weight excluding hydrogens is 332 g/mol. The van der Waals surface area contributed by atoms with E-state index in [2.05, 4.69) is 20.8 Å². The molecule has 0 aromatic carbocycles. The predicted molar refractivity (Wildman–Crippen MR) is 119 cm³/mol. The molecule has 0 spiro atoms. The van der Waals surface area contributed by atoms with Gasteiger partial charge in [0.25, 0.3) is 0 Å². The molecule has 0 amide bonds. The summed E-state index contributed by atoms with van der Waals surface area (Å²) in [5, 5.41) is 0. The van der Waals surface area contributed by atoms with Crippen LogP contribution >= 0.6 is 0 Å². The van der Waals surface area contributed by atoms with E-state index in [1.54, 1.807) is 0 Å². The molecule has 2 heteroatoms. The number of carbonyl (C=O) groups excluding carboxylic acids is 1. The summed E-state index contributed by atoms with van der Waals surface area (Å²) in [4.78, 5) is 12.0. The van der Waals surface area contributed by atoms with E-state index in [0.717, 1.165) is 25.2 Å². The van der Waals surface area contributed by atoms with E-state index >= 15 is 0 Å². The second-order valence-corrected chi connectivity index (χ2v) is 8.76. The van der Waals surface area contributed by atoms with Gasteiger partial charge in [-0.15, -0.1) is 0 Å². The number of ether oxygens (including phenoxy) is 1. The highest BCUT2D eigenvalue weighted by atomic mass is 16.5. The third kappa shape index (κ3) is 18.6. The quantitative estimate of drug-likeness (QED) is 0.156. The van der Waals surface area contributed by atoms with Crippen LogP contribution in [-0.2, 0) is 9.53 Å². The van der Waals surface area contributed by atoms with Crippen LogP contribution in [0.4, 0.5) is 0 Å². The Bertz CT molecular complexity index is 313. The smallest absolute Gasteiger partial charge is 0.308 e. The lowest BCUT2D eigenvalue weighted by Gasteiger charge is -2.11. The highest BCUT2D eigenvalue weighted by Gasteiger charge is 2.13. The summed E-state index contributed by atoms with van der Waals surface area (Å²) in [7, 11) is 0. The molecular formula is C25H50O2. The van der Waals surface area contributed by atoms with E-state index in [1.165, 1.54) is 89.9 Å². The van der Waals surface area contributed by atoms with Gasteiger partial charge in [-0.25, -0.2) is 0 Å². The van der Waals surface area contributed by atoms with Crippen LogP contribution in [0.5, 0.6) is 0 Å². The SMILES string of the molecule is CCCCCCCC(C)C(=O)OCCCCCCCCCCCC(C)CC. The van der Waals surface area contributed by atoms with Crippen LogP contribution in [0.15, 0.2) is 0 Å². The third-order valence-electron chi connectivity index (χ3n) is 5.93. The number of unbranched alkanes of at least 4 members (excludes halogenated alkanes) is 12. The average molecular weight is 383 g/mol. The van der Waals surface area contributed by atoms with Gasteiger partial charge in [0.1, 0.15) is 0 Å².